The summed E-state index contributed by atoms with van der Waals surface area (Å²) in [4.78, 5) is 16.5. The second-order valence-corrected chi connectivity index (χ2v) is 7.68. The van der Waals surface area contributed by atoms with Gasteiger partial charge in [0.15, 0.2) is 0 Å². The third kappa shape index (κ3) is 3.41. The minimum Gasteiger partial charge on any atom is -0.341 e. The van der Waals surface area contributed by atoms with Crippen LogP contribution in [0, 0.1) is 0 Å². The quantitative estimate of drug-likeness (QED) is 0.823. The summed E-state index contributed by atoms with van der Waals surface area (Å²) in [5.41, 5.74) is 2.87. The molecular weight excluding hydrogens is 320 g/mol. The van der Waals surface area contributed by atoms with Crippen molar-refractivity contribution in [1.82, 2.24) is 9.80 Å². The fourth-order valence-electron chi connectivity index (χ4n) is 4.69. The number of benzene rings is 2. The first-order chi connectivity index (χ1) is 12.8. The highest BCUT2D eigenvalue weighted by atomic mass is 16.2. The predicted molar refractivity (Wildman–Crippen MR) is 105 cm³/mol. The molecule has 2 fully saturated rings. The summed E-state index contributed by atoms with van der Waals surface area (Å²) in [6.07, 6.45) is 4.13. The van der Waals surface area contributed by atoms with Crippen molar-refractivity contribution in [3.05, 3.63) is 71.8 Å². The number of amides is 1. The molecule has 0 spiro atoms. The Labute approximate surface area is 156 Å². The molecule has 2 heterocycles. The van der Waals surface area contributed by atoms with E-state index in [-0.39, 0.29) is 5.41 Å². The monoisotopic (exact) mass is 348 g/mol. The van der Waals surface area contributed by atoms with Gasteiger partial charge in [0.05, 0.1) is 0 Å². The molecule has 4 rings (SSSR count). The zero-order valence-corrected chi connectivity index (χ0v) is 15.4. The van der Waals surface area contributed by atoms with E-state index in [1.807, 2.05) is 4.90 Å². The van der Waals surface area contributed by atoms with Crippen LogP contribution < -0.4 is 0 Å². The summed E-state index contributed by atoms with van der Waals surface area (Å²) in [5, 5.41) is 0. The topological polar surface area (TPSA) is 23.6 Å². The van der Waals surface area contributed by atoms with Gasteiger partial charge in [-0.1, -0.05) is 60.7 Å². The molecule has 0 aromatic heterocycles. The van der Waals surface area contributed by atoms with Gasteiger partial charge in [-0.25, -0.2) is 0 Å². The molecule has 0 N–H and O–H groups in total. The predicted octanol–water partition coefficient (Wildman–Crippen LogP) is 3.69. The Morgan fingerprint density at radius 1 is 0.808 bits per heavy atom. The van der Waals surface area contributed by atoms with Crippen molar-refractivity contribution in [2.24, 2.45) is 0 Å². The van der Waals surface area contributed by atoms with Crippen LogP contribution >= 0.6 is 0 Å². The van der Waals surface area contributed by atoms with Crippen LogP contribution in [0.4, 0.5) is 0 Å². The molecule has 2 saturated heterocycles. The van der Waals surface area contributed by atoms with Crippen molar-refractivity contribution in [1.29, 1.82) is 0 Å². The highest BCUT2D eigenvalue weighted by molar-refractivity contribution is 5.78. The van der Waals surface area contributed by atoms with E-state index < -0.39 is 0 Å². The molecule has 0 bridgehead atoms. The Kier molecular flexibility index (Phi) is 5.07. The van der Waals surface area contributed by atoms with Crippen LogP contribution in [0.15, 0.2) is 60.7 Å². The molecule has 2 aromatic rings. The maximum Gasteiger partial charge on any atom is 0.222 e. The van der Waals surface area contributed by atoms with Gasteiger partial charge in [-0.15, -0.1) is 0 Å². The molecule has 1 amide bonds. The van der Waals surface area contributed by atoms with Crippen LogP contribution in [0.3, 0.4) is 0 Å². The van der Waals surface area contributed by atoms with Gasteiger partial charge < -0.3 is 9.80 Å². The average Bonchev–Trinajstić information content (AvgIpc) is 3.13. The lowest BCUT2D eigenvalue weighted by Gasteiger charge is -2.44. The number of hydrogen-bond acceptors (Lipinski definition) is 2. The highest BCUT2D eigenvalue weighted by Gasteiger charge is 2.38. The number of likely N-dealkylation sites (tertiary alicyclic amines) is 2. The third-order valence-electron chi connectivity index (χ3n) is 6.08. The normalized spacial score (nSPS) is 20.5. The number of nitrogens with zero attached hydrogens (tertiary/aromatic N) is 2. The molecule has 0 radical (unpaired) electrons. The van der Waals surface area contributed by atoms with Crippen LogP contribution in [0.25, 0.3) is 0 Å². The van der Waals surface area contributed by atoms with Gasteiger partial charge in [0, 0.05) is 38.0 Å². The molecule has 3 heteroatoms. The summed E-state index contributed by atoms with van der Waals surface area (Å²) >= 11 is 0. The number of carbonyl (C=O) groups is 1. The zero-order chi connectivity index (χ0) is 17.8. The van der Waals surface area contributed by atoms with E-state index in [0.717, 1.165) is 45.6 Å². The first-order valence-corrected chi connectivity index (χ1v) is 9.89. The fraction of sp³-hybridized carbons (Fsp3) is 0.435. The Morgan fingerprint density at radius 2 is 1.46 bits per heavy atom. The summed E-state index contributed by atoms with van der Waals surface area (Å²) in [7, 11) is 0. The number of piperidine rings is 1. The van der Waals surface area contributed by atoms with Crippen LogP contribution in [0.5, 0.6) is 0 Å². The van der Waals surface area contributed by atoms with E-state index >= 15 is 0 Å². The Balaban J connectivity index is 1.57. The summed E-state index contributed by atoms with van der Waals surface area (Å²) in [6.45, 7) is 4.95. The van der Waals surface area contributed by atoms with E-state index in [4.69, 9.17) is 0 Å². The van der Waals surface area contributed by atoms with Crippen molar-refractivity contribution in [3.8, 4) is 0 Å². The van der Waals surface area contributed by atoms with Gasteiger partial charge >= 0.3 is 0 Å². The molecule has 0 unspecified atom stereocenters. The lowest BCUT2D eigenvalue weighted by molar-refractivity contribution is -0.127. The molecule has 3 nitrogen and oxygen atoms in total. The average molecular weight is 348 g/mol. The van der Waals surface area contributed by atoms with E-state index in [2.05, 4.69) is 65.6 Å². The van der Waals surface area contributed by atoms with Crippen molar-refractivity contribution in [2.75, 3.05) is 32.7 Å². The number of rotatable bonds is 5. The molecule has 2 aliphatic rings. The number of carbonyl (C=O) groups excluding carboxylic acids is 1. The van der Waals surface area contributed by atoms with Crippen molar-refractivity contribution in [2.45, 2.75) is 31.1 Å². The van der Waals surface area contributed by atoms with Gasteiger partial charge in [0.2, 0.25) is 5.91 Å². The molecule has 0 saturated carbocycles. The number of hydrogen-bond donors (Lipinski definition) is 0. The van der Waals surface area contributed by atoms with E-state index in [0.29, 0.717) is 5.91 Å². The van der Waals surface area contributed by atoms with Gasteiger partial charge in [0.1, 0.15) is 0 Å². The van der Waals surface area contributed by atoms with E-state index in [1.54, 1.807) is 0 Å². The maximum absolute atomic E-state index is 11.9. The molecule has 136 valence electrons. The largest absolute Gasteiger partial charge is 0.341 e. The lowest BCUT2D eigenvalue weighted by Crippen LogP contribution is -2.49. The first kappa shape index (κ1) is 17.3. The van der Waals surface area contributed by atoms with Gasteiger partial charge in [-0.2, -0.15) is 0 Å². The standard InChI is InChI=1S/C23H28N2O/c26-22-13-7-16-25(22)18-17-24-15-8-14-23(19-24,20-9-3-1-4-10-20)21-11-5-2-6-12-21/h1-6,9-12H,7-8,13-19H2. The Bertz CT molecular complexity index is 689. The van der Waals surface area contributed by atoms with Crippen molar-refractivity contribution in [3.63, 3.8) is 0 Å². The molecule has 0 aliphatic carbocycles. The van der Waals surface area contributed by atoms with Crippen LogP contribution in [-0.2, 0) is 10.2 Å². The highest BCUT2D eigenvalue weighted by Crippen LogP contribution is 2.40. The molecular formula is C23H28N2O. The van der Waals surface area contributed by atoms with E-state index in [1.165, 1.54) is 24.0 Å². The second kappa shape index (κ2) is 7.63. The van der Waals surface area contributed by atoms with Crippen molar-refractivity contribution < 1.29 is 4.79 Å². The third-order valence-corrected chi connectivity index (χ3v) is 6.08. The van der Waals surface area contributed by atoms with Crippen LogP contribution in [-0.4, -0.2) is 48.4 Å². The SMILES string of the molecule is O=C1CCCN1CCN1CCCC(c2ccccc2)(c2ccccc2)C1. The van der Waals surface area contributed by atoms with Gasteiger partial charge in [-0.05, 0) is 36.9 Å². The molecule has 2 aromatic carbocycles. The summed E-state index contributed by atoms with van der Waals surface area (Å²) in [5.74, 6) is 0.333. The minimum absolute atomic E-state index is 0.0514. The molecule has 26 heavy (non-hydrogen) atoms. The van der Waals surface area contributed by atoms with Gasteiger partial charge in [0.25, 0.3) is 0 Å². The van der Waals surface area contributed by atoms with Crippen LogP contribution in [0.2, 0.25) is 0 Å². The summed E-state index contributed by atoms with van der Waals surface area (Å²) < 4.78 is 0. The lowest BCUT2D eigenvalue weighted by atomic mass is 9.69. The minimum atomic E-state index is 0.0514. The van der Waals surface area contributed by atoms with E-state index in [9.17, 15) is 4.79 Å². The van der Waals surface area contributed by atoms with Crippen LogP contribution in [0.1, 0.15) is 36.8 Å². The Morgan fingerprint density at radius 3 is 2.04 bits per heavy atom. The smallest absolute Gasteiger partial charge is 0.222 e. The maximum atomic E-state index is 11.9. The Hall–Kier alpha value is -2.13. The van der Waals surface area contributed by atoms with Crippen molar-refractivity contribution >= 4 is 5.91 Å². The first-order valence-electron chi connectivity index (χ1n) is 9.89. The fourth-order valence-corrected chi connectivity index (χ4v) is 4.69. The van der Waals surface area contributed by atoms with Gasteiger partial charge in [-0.3, -0.25) is 4.79 Å². The second-order valence-electron chi connectivity index (χ2n) is 7.68. The molecule has 0 atom stereocenters. The summed E-state index contributed by atoms with van der Waals surface area (Å²) in [6, 6.07) is 21.9. The zero-order valence-electron chi connectivity index (χ0n) is 15.4. The molecule has 2 aliphatic heterocycles.